The number of thiazole rings is 1. The first-order valence-corrected chi connectivity index (χ1v) is 9.52. The lowest BCUT2D eigenvalue weighted by atomic mass is 10.2. The number of rotatable bonds is 7. The molecule has 0 saturated carbocycles. The molecule has 0 N–H and O–H groups in total. The van der Waals surface area contributed by atoms with E-state index in [0.29, 0.717) is 13.2 Å². The molecule has 6 nitrogen and oxygen atoms in total. The Kier molecular flexibility index (Phi) is 6.43. The van der Waals surface area contributed by atoms with E-state index in [0.717, 1.165) is 32.0 Å². The fourth-order valence-electron chi connectivity index (χ4n) is 2.27. The summed E-state index contributed by atoms with van der Waals surface area (Å²) in [6.07, 6.45) is 3.39. The first-order valence-electron chi connectivity index (χ1n) is 7.84. The molecule has 8 heteroatoms. The fraction of sp³-hybridized carbons (Fsp3) is 0.222. The van der Waals surface area contributed by atoms with Crippen molar-refractivity contribution < 1.29 is 13.9 Å². The number of hydrogen-bond donors (Lipinski definition) is 0. The minimum atomic E-state index is 0.553. The minimum absolute atomic E-state index is 0.553. The SMILES string of the molecule is COCCN=c1scc(-c2ccco2)n1N=Cc1cc(Br)ccc1OC. The molecule has 0 aliphatic rings. The maximum atomic E-state index is 5.53. The summed E-state index contributed by atoms with van der Waals surface area (Å²) in [5, 5.41) is 6.60. The van der Waals surface area contributed by atoms with E-state index in [2.05, 4.69) is 26.0 Å². The van der Waals surface area contributed by atoms with Gasteiger partial charge in [-0.1, -0.05) is 15.9 Å². The van der Waals surface area contributed by atoms with Gasteiger partial charge in [0.05, 0.1) is 32.7 Å². The zero-order chi connectivity index (χ0) is 18.4. The van der Waals surface area contributed by atoms with Crippen molar-refractivity contribution in [1.82, 2.24) is 4.68 Å². The van der Waals surface area contributed by atoms with Gasteiger partial charge >= 0.3 is 0 Å². The van der Waals surface area contributed by atoms with E-state index in [-0.39, 0.29) is 0 Å². The van der Waals surface area contributed by atoms with Crippen LogP contribution in [0.1, 0.15) is 5.56 Å². The Bertz CT molecular complexity index is 945. The predicted octanol–water partition coefficient (Wildman–Crippen LogP) is 4.01. The maximum absolute atomic E-state index is 5.53. The molecule has 2 heterocycles. The van der Waals surface area contributed by atoms with Crippen molar-refractivity contribution in [3.8, 4) is 17.2 Å². The second-order valence-electron chi connectivity index (χ2n) is 5.20. The molecule has 0 fully saturated rings. The van der Waals surface area contributed by atoms with Crippen molar-refractivity contribution in [1.29, 1.82) is 0 Å². The van der Waals surface area contributed by atoms with E-state index in [1.165, 1.54) is 11.3 Å². The summed E-state index contributed by atoms with van der Waals surface area (Å²) in [5.74, 6) is 1.47. The number of aromatic nitrogens is 1. The first-order chi connectivity index (χ1) is 12.7. The van der Waals surface area contributed by atoms with Crippen molar-refractivity contribution in [2.75, 3.05) is 27.4 Å². The Balaban J connectivity index is 2.04. The summed E-state index contributed by atoms with van der Waals surface area (Å²) < 4.78 is 18.7. The molecule has 0 bridgehead atoms. The van der Waals surface area contributed by atoms with E-state index in [9.17, 15) is 0 Å². The number of furan rings is 1. The molecule has 0 aliphatic carbocycles. The molecule has 0 amide bonds. The molecule has 136 valence electrons. The molecular formula is C18H18BrN3O3S. The molecule has 26 heavy (non-hydrogen) atoms. The van der Waals surface area contributed by atoms with Gasteiger partial charge in [-0.05, 0) is 30.3 Å². The number of halogens is 1. The monoisotopic (exact) mass is 435 g/mol. The molecule has 3 rings (SSSR count). The molecule has 0 radical (unpaired) electrons. The van der Waals surface area contributed by atoms with E-state index in [1.54, 1.807) is 31.4 Å². The van der Waals surface area contributed by atoms with Gasteiger partial charge < -0.3 is 13.9 Å². The van der Waals surface area contributed by atoms with Gasteiger partial charge in [0.15, 0.2) is 5.76 Å². The maximum Gasteiger partial charge on any atom is 0.206 e. The molecule has 0 aliphatic heterocycles. The Morgan fingerprint density at radius 2 is 2.19 bits per heavy atom. The van der Waals surface area contributed by atoms with Crippen LogP contribution < -0.4 is 9.54 Å². The van der Waals surface area contributed by atoms with Gasteiger partial charge in [-0.2, -0.15) is 5.10 Å². The molecule has 1 aromatic carbocycles. The molecule has 0 spiro atoms. The van der Waals surface area contributed by atoms with Gasteiger partial charge in [-0.15, -0.1) is 11.3 Å². The molecule has 2 aromatic heterocycles. The van der Waals surface area contributed by atoms with Gasteiger partial charge in [0, 0.05) is 22.5 Å². The zero-order valence-electron chi connectivity index (χ0n) is 14.4. The summed E-state index contributed by atoms with van der Waals surface area (Å²) in [6, 6.07) is 9.51. The lowest BCUT2D eigenvalue weighted by molar-refractivity contribution is 0.207. The Morgan fingerprint density at radius 3 is 2.92 bits per heavy atom. The van der Waals surface area contributed by atoms with Crippen LogP contribution in [0.2, 0.25) is 0 Å². The second-order valence-corrected chi connectivity index (χ2v) is 6.95. The number of benzene rings is 1. The number of ether oxygens (including phenoxy) is 2. The molecule has 3 aromatic rings. The van der Waals surface area contributed by atoms with Crippen molar-refractivity contribution in [2.45, 2.75) is 0 Å². The van der Waals surface area contributed by atoms with E-state index in [4.69, 9.17) is 13.9 Å². The quantitative estimate of drug-likeness (QED) is 0.416. The zero-order valence-corrected chi connectivity index (χ0v) is 16.8. The minimum Gasteiger partial charge on any atom is -0.496 e. The highest BCUT2D eigenvalue weighted by molar-refractivity contribution is 9.10. The van der Waals surface area contributed by atoms with E-state index >= 15 is 0 Å². The van der Waals surface area contributed by atoms with Crippen molar-refractivity contribution >= 4 is 33.5 Å². The summed E-state index contributed by atoms with van der Waals surface area (Å²) in [7, 11) is 3.29. The lowest BCUT2D eigenvalue weighted by Crippen LogP contribution is -2.13. The van der Waals surface area contributed by atoms with Gasteiger partial charge in [-0.25, -0.2) is 4.68 Å². The highest BCUT2D eigenvalue weighted by Crippen LogP contribution is 2.23. The highest BCUT2D eigenvalue weighted by Gasteiger charge is 2.10. The van der Waals surface area contributed by atoms with Crippen LogP contribution in [0, 0.1) is 0 Å². The Morgan fingerprint density at radius 1 is 1.31 bits per heavy atom. The predicted molar refractivity (Wildman–Crippen MR) is 106 cm³/mol. The summed E-state index contributed by atoms with van der Waals surface area (Å²) >= 11 is 4.98. The van der Waals surface area contributed by atoms with Crippen LogP contribution in [0.25, 0.3) is 11.5 Å². The van der Waals surface area contributed by atoms with Crippen LogP contribution in [0.5, 0.6) is 5.75 Å². The second kappa shape index (κ2) is 8.98. The molecule has 0 saturated heterocycles. The molecule has 0 atom stereocenters. The van der Waals surface area contributed by atoms with Gasteiger partial charge in [0.25, 0.3) is 0 Å². The number of methoxy groups -OCH3 is 2. The Labute approximate surface area is 163 Å². The summed E-state index contributed by atoms with van der Waals surface area (Å²) in [4.78, 5) is 5.32. The smallest absolute Gasteiger partial charge is 0.206 e. The lowest BCUT2D eigenvalue weighted by Gasteiger charge is -2.05. The van der Waals surface area contributed by atoms with Gasteiger partial charge in [0.2, 0.25) is 4.80 Å². The van der Waals surface area contributed by atoms with Crippen LogP contribution in [0.3, 0.4) is 0 Å². The van der Waals surface area contributed by atoms with Crippen LogP contribution in [0.4, 0.5) is 0 Å². The third-order valence-corrected chi connectivity index (χ3v) is 4.85. The third kappa shape index (κ3) is 4.32. The normalized spacial score (nSPS) is 12.2. The summed E-state index contributed by atoms with van der Waals surface area (Å²) in [6.45, 7) is 1.11. The standard InChI is InChI=1S/C18H18BrN3O3S/c1-23-9-7-20-18-22(15(12-26-18)17-4-3-8-25-17)21-11-13-10-14(19)5-6-16(13)24-2/h3-6,8,10-12H,7,9H2,1-2H3. The third-order valence-electron chi connectivity index (χ3n) is 3.51. The van der Waals surface area contributed by atoms with Crippen LogP contribution in [-0.2, 0) is 4.74 Å². The largest absolute Gasteiger partial charge is 0.496 e. The van der Waals surface area contributed by atoms with Crippen LogP contribution >= 0.6 is 27.3 Å². The van der Waals surface area contributed by atoms with Gasteiger partial charge in [-0.3, -0.25) is 4.99 Å². The number of hydrogen-bond acceptors (Lipinski definition) is 6. The average molecular weight is 436 g/mol. The highest BCUT2D eigenvalue weighted by atomic mass is 79.9. The van der Waals surface area contributed by atoms with Crippen molar-refractivity contribution in [3.05, 3.63) is 56.8 Å². The Hall–Kier alpha value is -2.16. The first kappa shape index (κ1) is 18.6. The molecule has 0 unspecified atom stereocenters. The van der Waals surface area contributed by atoms with E-state index < -0.39 is 0 Å². The summed E-state index contributed by atoms with van der Waals surface area (Å²) in [5.41, 5.74) is 1.69. The van der Waals surface area contributed by atoms with Crippen LogP contribution in [0.15, 0.2) is 61.0 Å². The van der Waals surface area contributed by atoms with Crippen molar-refractivity contribution in [3.63, 3.8) is 0 Å². The average Bonchev–Trinajstić information content (AvgIpc) is 3.30. The van der Waals surface area contributed by atoms with Crippen LogP contribution in [-0.4, -0.2) is 38.3 Å². The topological polar surface area (TPSA) is 61.2 Å². The van der Waals surface area contributed by atoms with E-state index in [1.807, 2.05) is 35.7 Å². The fourth-order valence-corrected chi connectivity index (χ4v) is 3.50. The molecular weight excluding hydrogens is 418 g/mol. The van der Waals surface area contributed by atoms with Crippen molar-refractivity contribution in [2.24, 2.45) is 10.1 Å². The van der Waals surface area contributed by atoms with Gasteiger partial charge in [0.1, 0.15) is 11.4 Å². The number of nitrogens with zero attached hydrogens (tertiary/aromatic N) is 3.